The molecule has 78 heavy (non-hydrogen) atoms. The van der Waals surface area contributed by atoms with Crippen LogP contribution in [-0.4, -0.2) is 34.8 Å². The van der Waals surface area contributed by atoms with Gasteiger partial charge in [0.25, 0.3) is 0 Å². The zero-order chi connectivity index (χ0) is 54.6. The van der Waals surface area contributed by atoms with Crippen molar-refractivity contribution in [2.75, 3.05) is 19.8 Å². The number of rotatable bonds is 24. The highest BCUT2D eigenvalue weighted by atomic mass is 16.5. The Balaban J connectivity index is 0.000000170. The summed E-state index contributed by atoms with van der Waals surface area (Å²) in [6.45, 7) is 15.0. The molecule has 0 saturated heterocycles. The van der Waals surface area contributed by atoms with Gasteiger partial charge < -0.3 is 14.2 Å². The molecule has 0 N–H and O–H groups in total. The van der Waals surface area contributed by atoms with E-state index in [0.29, 0.717) is 6.61 Å². The highest BCUT2D eigenvalue weighted by Gasteiger charge is 2.06. The Kier molecular flexibility index (Phi) is 23.8. The van der Waals surface area contributed by atoms with Gasteiger partial charge in [-0.25, -0.2) is 0 Å². The molecule has 0 saturated carbocycles. The van der Waals surface area contributed by atoms with E-state index >= 15 is 0 Å². The van der Waals surface area contributed by atoms with E-state index in [1.165, 1.54) is 66.8 Å². The van der Waals surface area contributed by atoms with Crippen LogP contribution in [0.1, 0.15) is 111 Å². The van der Waals surface area contributed by atoms with Crippen molar-refractivity contribution in [3.8, 4) is 50.6 Å². The van der Waals surface area contributed by atoms with Crippen LogP contribution < -0.4 is 14.2 Å². The van der Waals surface area contributed by atoms with Crippen LogP contribution in [-0.2, 0) is 57.8 Å². The van der Waals surface area contributed by atoms with Crippen molar-refractivity contribution in [2.24, 2.45) is 0 Å². The van der Waals surface area contributed by atoms with Gasteiger partial charge in [0.15, 0.2) is 0 Å². The number of unbranched alkanes of at least 4 members (excludes halogenated alkanes) is 1. The molecule has 0 bridgehead atoms. The average Bonchev–Trinajstić information content (AvgIpc) is 3.53. The first-order chi connectivity index (χ1) is 38.3. The van der Waals surface area contributed by atoms with Crippen LogP contribution in [0.15, 0.2) is 201 Å². The van der Waals surface area contributed by atoms with Gasteiger partial charge in [-0.1, -0.05) is 168 Å². The fourth-order valence-corrected chi connectivity index (χ4v) is 8.80. The standard InChI is InChI=1S/C25H29NO.C24H27NO.C23H25NO/c1-3-5-18-27-25-16-12-23(13-17-25)22-10-6-21(7-11-22)9-15-24-14-8-20(4-2)19-26-24;1-3-17-26-24-15-11-22(12-16-24)21-9-5-20(6-10-21)8-14-23-13-7-19(4-2)18-25-23;1-3-18-7-13-22(24-17-18)14-8-19-5-9-20(10-6-19)21-11-15-23(16-12-21)25-4-2/h6-8,10-14,16-17,19H,3-5,9,15,18H2,1-2H3;5-7,9-13,15-16,18H,3-4,8,14,17H2,1-2H3;5-7,9-13,15-17H,3-4,8,14H2,1-2H3. The number of benzene rings is 6. The summed E-state index contributed by atoms with van der Waals surface area (Å²) >= 11 is 0. The van der Waals surface area contributed by atoms with E-state index in [1.54, 1.807) is 0 Å². The lowest BCUT2D eigenvalue weighted by Crippen LogP contribution is -1.96. The largest absolute Gasteiger partial charge is 0.494 e. The monoisotopic (exact) mass is 1040 g/mol. The molecule has 0 unspecified atom stereocenters. The van der Waals surface area contributed by atoms with Crippen LogP contribution in [0.5, 0.6) is 17.2 Å². The van der Waals surface area contributed by atoms with Crippen molar-refractivity contribution in [3.05, 3.63) is 251 Å². The molecule has 6 aromatic carbocycles. The summed E-state index contributed by atoms with van der Waals surface area (Å²) in [5.74, 6) is 2.81. The fourth-order valence-electron chi connectivity index (χ4n) is 8.80. The van der Waals surface area contributed by atoms with Gasteiger partial charge in [0.05, 0.1) is 19.8 Å². The highest BCUT2D eigenvalue weighted by molar-refractivity contribution is 5.66. The first-order valence-electron chi connectivity index (χ1n) is 28.6. The second kappa shape index (κ2) is 32.0. The summed E-state index contributed by atoms with van der Waals surface area (Å²) in [5, 5.41) is 0. The number of nitrogens with zero attached hydrogens (tertiary/aromatic N) is 3. The molecular weight excluding hydrogens is 955 g/mol. The van der Waals surface area contributed by atoms with Gasteiger partial charge in [-0.05, 0) is 199 Å². The van der Waals surface area contributed by atoms with Gasteiger partial charge in [0.2, 0.25) is 0 Å². The van der Waals surface area contributed by atoms with Gasteiger partial charge in [-0.3, -0.25) is 15.0 Å². The van der Waals surface area contributed by atoms with Gasteiger partial charge in [0, 0.05) is 35.7 Å². The minimum Gasteiger partial charge on any atom is -0.494 e. The summed E-state index contributed by atoms with van der Waals surface area (Å²) in [6, 6.07) is 64.5. The quantitative estimate of drug-likeness (QED) is 0.0562. The fraction of sp³-hybridized carbons (Fsp3) is 0.292. The Morgan fingerprint density at radius 1 is 0.269 bits per heavy atom. The average molecular weight is 1040 g/mol. The molecule has 3 heterocycles. The van der Waals surface area contributed by atoms with Crippen LogP contribution in [0.25, 0.3) is 33.4 Å². The maximum absolute atomic E-state index is 5.74. The number of aromatic nitrogens is 3. The van der Waals surface area contributed by atoms with E-state index < -0.39 is 0 Å². The van der Waals surface area contributed by atoms with E-state index in [1.807, 2.05) is 49.8 Å². The van der Waals surface area contributed by atoms with E-state index in [2.05, 4.69) is 207 Å². The lowest BCUT2D eigenvalue weighted by atomic mass is 10.0. The molecule has 0 radical (unpaired) electrons. The Bertz CT molecular complexity index is 3040. The number of ether oxygens (including phenoxy) is 3. The molecule has 0 spiro atoms. The normalized spacial score (nSPS) is 10.7. The Morgan fingerprint density at radius 2 is 0.551 bits per heavy atom. The predicted octanol–water partition coefficient (Wildman–Crippen LogP) is 17.7. The van der Waals surface area contributed by atoms with E-state index in [0.717, 1.165) is 125 Å². The number of pyridine rings is 3. The summed E-state index contributed by atoms with van der Waals surface area (Å²) in [7, 11) is 0. The van der Waals surface area contributed by atoms with Crippen LogP contribution >= 0.6 is 0 Å². The van der Waals surface area contributed by atoms with Crippen LogP contribution in [0.2, 0.25) is 0 Å². The van der Waals surface area contributed by atoms with Crippen molar-refractivity contribution in [1.29, 1.82) is 0 Å². The molecule has 0 amide bonds. The van der Waals surface area contributed by atoms with Gasteiger partial charge >= 0.3 is 0 Å². The predicted molar refractivity (Wildman–Crippen MR) is 326 cm³/mol. The first kappa shape index (κ1) is 57.9. The topological polar surface area (TPSA) is 66.4 Å². The third kappa shape index (κ3) is 19.0. The molecule has 0 aliphatic carbocycles. The molecule has 3 aromatic heterocycles. The van der Waals surface area contributed by atoms with Crippen molar-refractivity contribution in [1.82, 2.24) is 15.0 Å². The maximum Gasteiger partial charge on any atom is 0.119 e. The smallest absolute Gasteiger partial charge is 0.119 e. The molecule has 0 aliphatic heterocycles. The third-order valence-corrected chi connectivity index (χ3v) is 13.9. The van der Waals surface area contributed by atoms with Crippen LogP contribution in [0, 0.1) is 0 Å². The molecule has 0 aliphatic rings. The molecule has 6 heteroatoms. The summed E-state index contributed by atoms with van der Waals surface area (Å²) in [4.78, 5) is 13.6. The highest BCUT2D eigenvalue weighted by Crippen LogP contribution is 2.26. The molecule has 9 rings (SSSR count). The second-order valence-electron chi connectivity index (χ2n) is 19.7. The summed E-state index contributed by atoms with van der Waals surface area (Å²) < 4.78 is 16.9. The lowest BCUT2D eigenvalue weighted by molar-refractivity contribution is 0.309. The zero-order valence-electron chi connectivity index (χ0n) is 47.2. The first-order valence-corrected chi connectivity index (χ1v) is 28.6. The van der Waals surface area contributed by atoms with Crippen LogP contribution in [0.4, 0.5) is 0 Å². The van der Waals surface area contributed by atoms with Crippen LogP contribution in [0.3, 0.4) is 0 Å². The van der Waals surface area contributed by atoms with E-state index in [-0.39, 0.29) is 0 Å². The number of hydrogen-bond acceptors (Lipinski definition) is 6. The molecule has 402 valence electrons. The zero-order valence-corrected chi connectivity index (χ0v) is 47.2. The van der Waals surface area contributed by atoms with Gasteiger partial charge in [-0.2, -0.15) is 0 Å². The Hall–Kier alpha value is -7.83. The second-order valence-corrected chi connectivity index (χ2v) is 19.7. The van der Waals surface area contributed by atoms with Gasteiger partial charge in [0.1, 0.15) is 17.2 Å². The number of aryl methyl sites for hydroxylation is 9. The minimum atomic E-state index is 0.698. The molecular formula is C72H81N3O3. The molecule has 0 fully saturated rings. The molecule has 0 atom stereocenters. The summed E-state index contributed by atoms with van der Waals surface area (Å²) in [6.07, 6.45) is 18.4. The number of hydrogen-bond donors (Lipinski definition) is 0. The maximum atomic E-state index is 5.74. The summed E-state index contributed by atoms with van der Waals surface area (Å²) in [5.41, 5.74) is 18.8. The SMILES string of the molecule is CCCCOc1ccc(-c2ccc(CCc3ccc(CC)cn3)cc2)cc1.CCCOc1ccc(-c2ccc(CCc3ccc(CC)cn3)cc2)cc1.CCOc1ccc(-c2ccc(CCc3ccc(CC)cn3)cc2)cc1. The van der Waals surface area contributed by atoms with E-state index in [4.69, 9.17) is 14.2 Å². The lowest BCUT2D eigenvalue weighted by Gasteiger charge is -2.08. The van der Waals surface area contributed by atoms with Crippen molar-refractivity contribution in [2.45, 2.75) is 119 Å². The molecule has 6 nitrogen and oxygen atoms in total. The minimum absolute atomic E-state index is 0.698. The Labute approximate surface area is 467 Å². The molecule has 9 aromatic rings. The van der Waals surface area contributed by atoms with Gasteiger partial charge in [-0.15, -0.1) is 0 Å². The Morgan fingerprint density at radius 3 is 0.808 bits per heavy atom. The van der Waals surface area contributed by atoms with Crippen molar-refractivity contribution < 1.29 is 14.2 Å². The van der Waals surface area contributed by atoms with Crippen molar-refractivity contribution in [3.63, 3.8) is 0 Å². The van der Waals surface area contributed by atoms with Crippen molar-refractivity contribution >= 4 is 0 Å². The third-order valence-electron chi connectivity index (χ3n) is 13.9. The van der Waals surface area contributed by atoms with E-state index in [9.17, 15) is 0 Å².